The quantitative estimate of drug-likeness (QED) is 0.430. The molecule has 0 spiro atoms. The van der Waals surface area contributed by atoms with Gasteiger partial charge >= 0.3 is 0 Å². The summed E-state index contributed by atoms with van der Waals surface area (Å²) in [5, 5.41) is 28.7. The van der Waals surface area contributed by atoms with Crippen LogP contribution in [-0.2, 0) is 4.74 Å². The summed E-state index contributed by atoms with van der Waals surface area (Å²) in [6.45, 7) is 1.71. The van der Waals surface area contributed by atoms with E-state index >= 15 is 0 Å². The van der Waals surface area contributed by atoms with Gasteiger partial charge in [0.15, 0.2) is 5.65 Å². The van der Waals surface area contributed by atoms with E-state index in [1.807, 2.05) is 12.1 Å². The number of imidazole rings is 1. The van der Waals surface area contributed by atoms with Crippen molar-refractivity contribution in [3.8, 4) is 23.0 Å². The number of pyridine rings is 1. The third-order valence-electron chi connectivity index (χ3n) is 5.02. The van der Waals surface area contributed by atoms with Gasteiger partial charge < -0.3 is 34.5 Å². The predicted octanol–water partition coefficient (Wildman–Crippen LogP) is 1.93. The second-order valence-corrected chi connectivity index (χ2v) is 7.87. The maximum atomic E-state index is 9.99. The third-order valence-corrected chi connectivity index (χ3v) is 5.30. The SMILES string of the molecule is CC(CO)Oc1ccc(-c2nc3nc(OC4COC(CO)C(O)C4)[nH]c3cc2Cl)cc1. The number of rotatable bonds is 7. The van der Waals surface area contributed by atoms with E-state index < -0.39 is 18.3 Å². The van der Waals surface area contributed by atoms with Crippen LogP contribution < -0.4 is 9.47 Å². The molecule has 2 aromatic heterocycles. The Morgan fingerprint density at radius 2 is 2.03 bits per heavy atom. The summed E-state index contributed by atoms with van der Waals surface area (Å²) in [4.78, 5) is 12.0. The molecule has 4 rings (SSSR count). The highest BCUT2D eigenvalue weighted by Gasteiger charge is 2.31. The Labute approximate surface area is 183 Å². The first kappa shape index (κ1) is 21.8. The van der Waals surface area contributed by atoms with E-state index in [1.165, 1.54) is 0 Å². The lowest BCUT2D eigenvalue weighted by Gasteiger charge is -2.31. The lowest BCUT2D eigenvalue weighted by atomic mass is 10.0. The zero-order chi connectivity index (χ0) is 22.0. The van der Waals surface area contributed by atoms with Gasteiger partial charge in [-0.15, -0.1) is 0 Å². The molecule has 0 amide bonds. The van der Waals surface area contributed by atoms with Gasteiger partial charge in [-0.25, -0.2) is 4.98 Å². The van der Waals surface area contributed by atoms with Crippen LogP contribution in [0.1, 0.15) is 13.3 Å². The van der Waals surface area contributed by atoms with Crippen molar-refractivity contribution in [2.45, 2.75) is 37.8 Å². The van der Waals surface area contributed by atoms with Gasteiger partial charge in [0.2, 0.25) is 0 Å². The zero-order valence-electron chi connectivity index (χ0n) is 16.9. The van der Waals surface area contributed by atoms with Gasteiger partial charge in [-0.05, 0) is 37.3 Å². The van der Waals surface area contributed by atoms with E-state index in [2.05, 4.69) is 15.0 Å². The number of aromatic nitrogens is 3. The highest BCUT2D eigenvalue weighted by atomic mass is 35.5. The maximum Gasteiger partial charge on any atom is 0.296 e. The normalized spacial score (nSPS) is 22.4. The summed E-state index contributed by atoms with van der Waals surface area (Å²) < 4.78 is 16.8. The predicted molar refractivity (Wildman–Crippen MR) is 113 cm³/mol. The number of H-pyrrole nitrogens is 1. The first-order chi connectivity index (χ1) is 15.0. The molecule has 4 atom stereocenters. The monoisotopic (exact) mass is 449 g/mol. The molecule has 10 heteroatoms. The molecule has 3 aromatic rings. The van der Waals surface area contributed by atoms with Crippen molar-refractivity contribution < 1.29 is 29.5 Å². The van der Waals surface area contributed by atoms with Crippen molar-refractivity contribution in [2.75, 3.05) is 19.8 Å². The minimum Gasteiger partial charge on any atom is -0.488 e. The summed E-state index contributed by atoms with van der Waals surface area (Å²) >= 11 is 6.44. The van der Waals surface area contributed by atoms with Gasteiger partial charge in [0.25, 0.3) is 6.01 Å². The molecule has 1 aliphatic heterocycles. The highest BCUT2D eigenvalue weighted by Crippen LogP contribution is 2.31. The van der Waals surface area contributed by atoms with Gasteiger partial charge in [-0.2, -0.15) is 4.98 Å². The number of nitrogens with one attached hydrogen (secondary N) is 1. The van der Waals surface area contributed by atoms with Gasteiger partial charge in [0.05, 0.1) is 42.2 Å². The molecule has 1 saturated heterocycles. The van der Waals surface area contributed by atoms with E-state index in [1.54, 1.807) is 25.1 Å². The average molecular weight is 450 g/mol. The van der Waals surface area contributed by atoms with Crippen molar-refractivity contribution >= 4 is 22.8 Å². The van der Waals surface area contributed by atoms with E-state index in [-0.39, 0.29) is 31.9 Å². The van der Waals surface area contributed by atoms with Crippen molar-refractivity contribution in [3.05, 3.63) is 35.4 Å². The molecule has 0 saturated carbocycles. The van der Waals surface area contributed by atoms with Crippen LogP contribution in [-0.4, -0.2) is 74.5 Å². The molecular weight excluding hydrogens is 426 g/mol. The summed E-state index contributed by atoms with van der Waals surface area (Å²) in [5.41, 5.74) is 2.41. The topological polar surface area (TPSA) is 130 Å². The molecule has 0 aliphatic carbocycles. The number of aliphatic hydroxyl groups is 3. The second-order valence-electron chi connectivity index (χ2n) is 7.46. The molecule has 1 aliphatic rings. The Balaban J connectivity index is 1.51. The van der Waals surface area contributed by atoms with Crippen LogP contribution in [0.15, 0.2) is 30.3 Å². The molecule has 166 valence electrons. The second kappa shape index (κ2) is 9.37. The number of halogens is 1. The molecule has 9 nitrogen and oxygen atoms in total. The van der Waals surface area contributed by atoms with Crippen molar-refractivity contribution in [1.29, 1.82) is 0 Å². The largest absolute Gasteiger partial charge is 0.488 e. The molecule has 4 N–H and O–H groups in total. The fourth-order valence-electron chi connectivity index (χ4n) is 3.36. The Hall–Kier alpha value is -2.43. The molecule has 0 bridgehead atoms. The zero-order valence-corrected chi connectivity index (χ0v) is 17.6. The van der Waals surface area contributed by atoms with Crippen LogP contribution in [0.2, 0.25) is 5.02 Å². The number of aliphatic hydroxyl groups excluding tert-OH is 3. The van der Waals surface area contributed by atoms with Gasteiger partial charge in [0.1, 0.15) is 24.1 Å². The number of hydrogen-bond acceptors (Lipinski definition) is 8. The molecule has 3 heterocycles. The van der Waals surface area contributed by atoms with Gasteiger partial charge in [0, 0.05) is 12.0 Å². The Kier molecular flexibility index (Phi) is 6.59. The first-order valence-electron chi connectivity index (χ1n) is 9.98. The lowest BCUT2D eigenvalue weighted by Crippen LogP contribution is -2.45. The fourth-order valence-corrected chi connectivity index (χ4v) is 3.62. The fraction of sp³-hybridized carbons (Fsp3) is 0.429. The Morgan fingerprint density at radius 3 is 2.71 bits per heavy atom. The van der Waals surface area contributed by atoms with E-state index in [9.17, 15) is 5.11 Å². The minimum atomic E-state index is -0.806. The van der Waals surface area contributed by atoms with Crippen molar-refractivity contribution in [2.24, 2.45) is 0 Å². The van der Waals surface area contributed by atoms with Gasteiger partial charge in [-0.3, -0.25) is 0 Å². The molecule has 1 aromatic carbocycles. The number of ether oxygens (including phenoxy) is 3. The van der Waals surface area contributed by atoms with Crippen LogP contribution in [0.25, 0.3) is 22.4 Å². The van der Waals surface area contributed by atoms with Crippen LogP contribution in [0, 0.1) is 0 Å². The standard InChI is InChI=1S/C21H24ClN3O6/c1-11(8-26)30-13-4-2-12(3-5-13)19-15(22)7-16-20(24-19)25-21(23-16)31-14-6-17(28)18(9-27)29-10-14/h2-5,7,11,14,17-18,26-28H,6,8-10H2,1H3,(H,23,24,25). The minimum absolute atomic E-state index is 0.0661. The number of benzene rings is 1. The number of fused-ring (bicyclic) bond motifs is 1. The van der Waals surface area contributed by atoms with Crippen LogP contribution >= 0.6 is 11.6 Å². The molecular formula is C21H24ClN3O6. The first-order valence-corrected chi connectivity index (χ1v) is 10.4. The Morgan fingerprint density at radius 1 is 1.26 bits per heavy atom. The van der Waals surface area contributed by atoms with E-state index in [0.717, 1.165) is 5.56 Å². The highest BCUT2D eigenvalue weighted by molar-refractivity contribution is 6.33. The summed E-state index contributed by atoms with van der Waals surface area (Å²) in [7, 11) is 0. The van der Waals surface area contributed by atoms with Gasteiger partial charge in [-0.1, -0.05) is 11.6 Å². The van der Waals surface area contributed by atoms with E-state index in [4.69, 9.17) is 36.0 Å². The molecule has 4 unspecified atom stereocenters. The summed E-state index contributed by atoms with van der Waals surface area (Å²) in [6.07, 6.45) is -1.77. The number of hydrogen-bond donors (Lipinski definition) is 4. The van der Waals surface area contributed by atoms with Crippen molar-refractivity contribution in [3.63, 3.8) is 0 Å². The summed E-state index contributed by atoms with van der Waals surface area (Å²) in [5.74, 6) is 0.637. The maximum absolute atomic E-state index is 9.99. The van der Waals surface area contributed by atoms with Crippen molar-refractivity contribution in [1.82, 2.24) is 15.0 Å². The van der Waals surface area contributed by atoms with E-state index in [0.29, 0.717) is 34.1 Å². The average Bonchev–Trinajstić information content (AvgIpc) is 3.14. The smallest absolute Gasteiger partial charge is 0.296 e. The molecule has 1 fully saturated rings. The third kappa shape index (κ3) is 4.91. The summed E-state index contributed by atoms with van der Waals surface area (Å²) in [6, 6.07) is 9.23. The van der Waals surface area contributed by atoms with Crippen LogP contribution in [0.4, 0.5) is 0 Å². The number of aromatic amines is 1. The van der Waals surface area contributed by atoms with Crippen LogP contribution in [0.3, 0.4) is 0 Å². The number of nitrogens with zero attached hydrogens (tertiary/aromatic N) is 2. The van der Waals surface area contributed by atoms with Crippen LogP contribution in [0.5, 0.6) is 11.8 Å². The lowest BCUT2D eigenvalue weighted by molar-refractivity contribution is -0.131. The Bertz CT molecular complexity index is 1030. The molecule has 31 heavy (non-hydrogen) atoms. The molecule has 0 radical (unpaired) electrons.